The molecule has 23 heavy (non-hydrogen) atoms. The highest BCUT2D eigenvalue weighted by Gasteiger charge is 2.21. The van der Waals surface area contributed by atoms with Crippen LogP contribution in [0.4, 0.5) is 5.82 Å². The molecule has 0 fully saturated rings. The Morgan fingerprint density at radius 3 is 2.96 bits per heavy atom. The molecule has 1 aliphatic carbocycles. The summed E-state index contributed by atoms with van der Waals surface area (Å²) in [5.41, 5.74) is 3.18. The van der Waals surface area contributed by atoms with Crippen molar-refractivity contribution in [3.05, 3.63) is 50.0 Å². The van der Waals surface area contributed by atoms with Crippen molar-refractivity contribution < 1.29 is 0 Å². The summed E-state index contributed by atoms with van der Waals surface area (Å²) < 4.78 is 0. The number of nitrogens with zero attached hydrogens (tertiary/aromatic N) is 2. The lowest BCUT2D eigenvalue weighted by Crippen LogP contribution is -2.10. The molecule has 0 aromatic carbocycles. The third-order valence-corrected chi connectivity index (χ3v) is 5.36. The lowest BCUT2D eigenvalue weighted by atomic mass is 10.2. The van der Waals surface area contributed by atoms with Crippen molar-refractivity contribution in [3.8, 4) is 0 Å². The highest BCUT2D eigenvalue weighted by Crippen LogP contribution is 2.39. The van der Waals surface area contributed by atoms with Crippen LogP contribution in [0.1, 0.15) is 33.9 Å². The molecule has 0 unspecified atom stereocenters. The molecule has 0 amide bonds. The minimum atomic E-state index is -0.0674. The number of fused-ring (bicyclic) bond motifs is 3. The van der Waals surface area contributed by atoms with Crippen LogP contribution < -0.4 is 10.9 Å². The maximum atomic E-state index is 11.6. The van der Waals surface area contributed by atoms with Crippen molar-refractivity contribution in [2.24, 2.45) is 0 Å². The molecule has 6 heteroatoms. The van der Waals surface area contributed by atoms with Gasteiger partial charge in [0.25, 0.3) is 0 Å². The molecule has 0 saturated heterocycles. The molecule has 2 N–H and O–H groups in total. The molecule has 0 radical (unpaired) electrons. The summed E-state index contributed by atoms with van der Waals surface area (Å²) >= 11 is 1.80. The molecule has 0 bridgehead atoms. The van der Waals surface area contributed by atoms with E-state index in [9.17, 15) is 4.79 Å². The predicted molar refractivity (Wildman–Crippen MR) is 93.3 cm³/mol. The Balaban J connectivity index is 1.72. The van der Waals surface area contributed by atoms with Gasteiger partial charge < -0.3 is 10.3 Å². The number of rotatable bonds is 3. The quantitative estimate of drug-likeness (QED) is 0.776. The second kappa shape index (κ2) is 5.45. The molecule has 0 aliphatic heterocycles. The number of hydrogen-bond acceptors (Lipinski definition) is 5. The van der Waals surface area contributed by atoms with Crippen LogP contribution in [-0.2, 0) is 19.4 Å². The third kappa shape index (κ3) is 2.63. The Labute approximate surface area is 137 Å². The maximum Gasteiger partial charge on any atom is 0.248 e. The van der Waals surface area contributed by atoms with Gasteiger partial charge in [-0.3, -0.25) is 4.79 Å². The first-order valence-corrected chi connectivity index (χ1v) is 8.64. The summed E-state index contributed by atoms with van der Waals surface area (Å²) in [4.78, 5) is 26.1. The fourth-order valence-electron chi connectivity index (χ4n) is 3.27. The summed E-state index contributed by atoms with van der Waals surface area (Å²) in [7, 11) is 0. The normalized spacial score (nSPS) is 13.5. The van der Waals surface area contributed by atoms with Gasteiger partial charge in [0.1, 0.15) is 16.5 Å². The van der Waals surface area contributed by atoms with Crippen molar-refractivity contribution in [1.82, 2.24) is 15.0 Å². The van der Waals surface area contributed by atoms with Crippen molar-refractivity contribution in [2.75, 3.05) is 5.32 Å². The van der Waals surface area contributed by atoms with Crippen LogP contribution in [0, 0.1) is 13.8 Å². The number of thiophene rings is 1. The van der Waals surface area contributed by atoms with Crippen molar-refractivity contribution in [3.63, 3.8) is 0 Å². The molecule has 3 aromatic heterocycles. The highest BCUT2D eigenvalue weighted by atomic mass is 32.1. The monoisotopic (exact) mass is 326 g/mol. The minimum Gasteiger partial charge on any atom is -0.365 e. The molecule has 0 spiro atoms. The Hall–Kier alpha value is -2.21. The predicted octanol–water partition coefficient (Wildman–Crippen LogP) is 3.10. The Kier molecular flexibility index (Phi) is 3.41. The zero-order valence-corrected chi connectivity index (χ0v) is 14.0. The molecule has 3 aromatic rings. The van der Waals surface area contributed by atoms with Crippen molar-refractivity contribution in [2.45, 2.75) is 39.7 Å². The lowest BCUT2D eigenvalue weighted by Gasteiger charge is -2.09. The minimum absolute atomic E-state index is 0.0674. The second-order valence-electron chi connectivity index (χ2n) is 6.05. The first-order chi connectivity index (χ1) is 11.1. The largest absolute Gasteiger partial charge is 0.365 e. The molecule has 1 aliphatic rings. The fraction of sp³-hybridized carbons (Fsp3) is 0.353. The van der Waals surface area contributed by atoms with Gasteiger partial charge in [-0.2, -0.15) is 0 Å². The average molecular weight is 326 g/mol. The number of aromatic amines is 1. The number of pyridine rings is 1. The topological polar surface area (TPSA) is 70.7 Å². The standard InChI is InChI=1S/C17H18N4OS/c1-9-6-11(7-14(22)19-9)8-18-16-15-12-4-3-5-13(12)23-17(15)21-10(2)20-16/h6-7H,3-5,8H2,1-2H3,(H,19,22)(H,18,20,21). The molecule has 4 rings (SSSR count). The number of anilines is 1. The fourth-order valence-corrected chi connectivity index (χ4v) is 4.58. The van der Waals surface area contributed by atoms with E-state index >= 15 is 0 Å². The molecule has 5 nitrogen and oxygen atoms in total. The van der Waals surface area contributed by atoms with Gasteiger partial charge in [0.05, 0.1) is 5.39 Å². The lowest BCUT2D eigenvalue weighted by molar-refractivity contribution is 0.916. The van der Waals surface area contributed by atoms with Crippen LogP contribution >= 0.6 is 11.3 Å². The molecule has 0 atom stereocenters. The van der Waals surface area contributed by atoms with Crippen molar-refractivity contribution >= 4 is 27.4 Å². The van der Waals surface area contributed by atoms with E-state index in [4.69, 9.17) is 0 Å². The summed E-state index contributed by atoms with van der Waals surface area (Å²) in [5.74, 6) is 1.67. The van der Waals surface area contributed by atoms with E-state index in [0.29, 0.717) is 6.54 Å². The molecular formula is C17H18N4OS. The molecular weight excluding hydrogens is 308 g/mol. The van der Waals surface area contributed by atoms with Gasteiger partial charge in [-0.05, 0) is 50.3 Å². The first-order valence-electron chi connectivity index (χ1n) is 7.83. The molecule has 0 saturated carbocycles. The summed E-state index contributed by atoms with van der Waals surface area (Å²) in [6.07, 6.45) is 3.49. The van der Waals surface area contributed by atoms with Gasteiger partial charge in [0.15, 0.2) is 0 Å². The Morgan fingerprint density at radius 2 is 2.13 bits per heavy atom. The van der Waals surface area contributed by atoms with E-state index < -0.39 is 0 Å². The summed E-state index contributed by atoms with van der Waals surface area (Å²) in [6.45, 7) is 4.40. The van der Waals surface area contributed by atoms with E-state index in [0.717, 1.165) is 40.6 Å². The number of aryl methyl sites for hydroxylation is 4. The maximum absolute atomic E-state index is 11.6. The van der Waals surface area contributed by atoms with Gasteiger partial charge in [-0.25, -0.2) is 9.97 Å². The van der Waals surface area contributed by atoms with E-state index in [1.54, 1.807) is 17.4 Å². The number of H-pyrrole nitrogens is 1. The van der Waals surface area contributed by atoms with E-state index in [-0.39, 0.29) is 5.56 Å². The highest BCUT2D eigenvalue weighted by molar-refractivity contribution is 7.19. The average Bonchev–Trinajstić information content (AvgIpc) is 3.03. The van der Waals surface area contributed by atoms with E-state index in [2.05, 4.69) is 20.3 Å². The van der Waals surface area contributed by atoms with Crippen LogP contribution in [0.25, 0.3) is 10.2 Å². The molecule has 118 valence electrons. The zero-order chi connectivity index (χ0) is 16.0. The number of nitrogens with one attached hydrogen (secondary N) is 2. The van der Waals surface area contributed by atoms with E-state index in [1.807, 2.05) is 19.9 Å². The zero-order valence-electron chi connectivity index (χ0n) is 13.2. The Morgan fingerprint density at radius 1 is 1.26 bits per heavy atom. The number of hydrogen-bond donors (Lipinski definition) is 2. The SMILES string of the molecule is Cc1nc(NCc2cc(C)[nH]c(=O)c2)c2c3c(sc2n1)CCC3. The van der Waals surface area contributed by atoms with Gasteiger partial charge >= 0.3 is 0 Å². The number of aromatic nitrogens is 3. The summed E-state index contributed by atoms with van der Waals surface area (Å²) in [5, 5.41) is 4.59. The van der Waals surface area contributed by atoms with Crippen molar-refractivity contribution in [1.29, 1.82) is 0 Å². The second-order valence-corrected chi connectivity index (χ2v) is 7.13. The van der Waals surface area contributed by atoms with Gasteiger partial charge in [0.2, 0.25) is 5.56 Å². The Bertz CT molecular complexity index is 957. The van der Waals surface area contributed by atoms with Crippen LogP contribution in [0.15, 0.2) is 16.9 Å². The van der Waals surface area contributed by atoms with Crippen LogP contribution in [0.5, 0.6) is 0 Å². The third-order valence-electron chi connectivity index (χ3n) is 4.18. The first kappa shape index (κ1) is 14.4. The van der Waals surface area contributed by atoms with Crippen LogP contribution in [-0.4, -0.2) is 15.0 Å². The summed E-state index contributed by atoms with van der Waals surface area (Å²) in [6, 6.07) is 3.61. The van der Waals surface area contributed by atoms with Gasteiger partial charge in [-0.15, -0.1) is 11.3 Å². The smallest absolute Gasteiger partial charge is 0.248 e. The van der Waals surface area contributed by atoms with Crippen LogP contribution in [0.2, 0.25) is 0 Å². The molecule has 3 heterocycles. The van der Waals surface area contributed by atoms with Crippen LogP contribution in [0.3, 0.4) is 0 Å². The van der Waals surface area contributed by atoms with Gasteiger partial charge in [0, 0.05) is 23.2 Å². The van der Waals surface area contributed by atoms with Gasteiger partial charge in [-0.1, -0.05) is 0 Å². The van der Waals surface area contributed by atoms with E-state index in [1.165, 1.54) is 22.2 Å².